The summed E-state index contributed by atoms with van der Waals surface area (Å²) >= 11 is 8.37. The number of nitrogens with one attached hydrogen (secondary N) is 2. The van der Waals surface area contributed by atoms with Crippen LogP contribution in [0.2, 0.25) is 0 Å². The molecule has 1 aliphatic heterocycles. The van der Waals surface area contributed by atoms with E-state index < -0.39 is 5.91 Å². The fourth-order valence-electron chi connectivity index (χ4n) is 2.98. The smallest absolute Gasteiger partial charge is 0.293 e. The summed E-state index contributed by atoms with van der Waals surface area (Å²) in [5, 5.41) is 5.61. The number of likely N-dealkylation sites (tertiary alicyclic amines) is 1. The Bertz CT molecular complexity index is 844. The largest absolute Gasteiger partial charge is 0.444 e. The van der Waals surface area contributed by atoms with Crippen LogP contribution in [0.25, 0.3) is 0 Å². The molecule has 3 rings (SSSR count). The molecule has 0 bridgehead atoms. The van der Waals surface area contributed by atoms with Gasteiger partial charge in [0.15, 0.2) is 15.5 Å². The van der Waals surface area contributed by atoms with E-state index >= 15 is 0 Å². The van der Waals surface area contributed by atoms with Crippen LogP contribution in [0.5, 0.6) is 0 Å². The summed E-state index contributed by atoms with van der Waals surface area (Å²) in [5.41, 5.74) is 1.11. The Balaban J connectivity index is 1.68. The van der Waals surface area contributed by atoms with Crippen molar-refractivity contribution >= 4 is 50.8 Å². The molecule has 2 aromatic rings. The number of carbonyl (C=O) groups is 2. The number of thiocarbonyl (C=S) groups is 1. The lowest BCUT2D eigenvalue weighted by atomic mass is 10.1. The standard InChI is InChI=1S/C19H20BrN3O3S/c20-16-10-9-15(26-16)17(24)22-19(27)21-14-8-4-3-7-13(14)18(25)23-11-5-1-2-6-12-23/h3-4,7-10H,1-2,5-6,11-12H2,(H2,21,22,24,27). The van der Waals surface area contributed by atoms with Crippen molar-refractivity contribution in [3.05, 3.63) is 52.4 Å². The van der Waals surface area contributed by atoms with Crippen molar-refractivity contribution in [1.29, 1.82) is 0 Å². The van der Waals surface area contributed by atoms with E-state index in [-0.39, 0.29) is 16.8 Å². The number of anilines is 1. The summed E-state index contributed by atoms with van der Waals surface area (Å²) < 4.78 is 5.66. The van der Waals surface area contributed by atoms with Crippen molar-refractivity contribution in [2.75, 3.05) is 18.4 Å². The van der Waals surface area contributed by atoms with E-state index in [1.807, 2.05) is 17.0 Å². The van der Waals surface area contributed by atoms with E-state index in [0.29, 0.717) is 15.9 Å². The number of benzene rings is 1. The second-order valence-corrected chi connectivity index (χ2v) is 7.45. The Hall–Kier alpha value is -2.19. The number of nitrogens with zero attached hydrogens (tertiary/aromatic N) is 1. The number of para-hydroxylation sites is 1. The van der Waals surface area contributed by atoms with Gasteiger partial charge in [-0.1, -0.05) is 25.0 Å². The van der Waals surface area contributed by atoms with E-state index in [0.717, 1.165) is 38.8 Å². The maximum atomic E-state index is 12.9. The monoisotopic (exact) mass is 449 g/mol. The lowest BCUT2D eigenvalue weighted by Gasteiger charge is -2.22. The summed E-state index contributed by atoms with van der Waals surface area (Å²) in [4.78, 5) is 27.0. The van der Waals surface area contributed by atoms with E-state index in [1.165, 1.54) is 0 Å². The highest BCUT2D eigenvalue weighted by atomic mass is 79.9. The zero-order valence-corrected chi connectivity index (χ0v) is 17.1. The number of halogens is 1. The van der Waals surface area contributed by atoms with Gasteiger partial charge in [0.05, 0.1) is 11.3 Å². The fraction of sp³-hybridized carbons (Fsp3) is 0.316. The number of amides is 2. The molecular weight excluding hydrogens is 430 g/mol. The molecule has 1 aromatic carbocycles. The SMILES string of the molecule is O=C(NC(=S)Nc1ccccc1C(=O)N1CCCCCC1)c1ccc(Br)o1. The molecule has 1 saturated heterocycles. The molecule has 0 radical (unpaired) electrons. The van der Waals surface area contributed by atoms with E-state index in [9.17, 15) is 9.59 Å². The van der Waals surface area contributed by atoms with Crippen LogP contribution >= 0.6 is 28.1 Å². The lowest BCUT2D eigenvalue weighted by molar-refractivity contribution is 0.0762. The van der Waals surface area contributed by atoms with Gasteiger partial charge >= 0.3 is 0 Å². The van der Waals surface area contributed by atoms with Crippen molar-refractivity contribution in [2.24, 2.45) is 0 Å². The van der Waals surface area contributed by atoms with Gasteiger partial charge in [0.2, 0.25) is 0 Å². The molecule has 6 nitrogen and oxygen atoms in total. The Morgan fingerprint density at radius 3 is 2.41 bits per heavy atom. The van der Waals surface area contributed by atoms with Gasteiger partial charge in [0.25, 0.3) is 11.8 Å². The van der Waals surface area contributed by atoms with Gasteiger partial charge in [-0.2, -0.15) is 0 Å². The average molecular weight is 450 g/mol. The summed E-state index contributed by atoms with van der Waals surface area (Å²) in [6, 6.07) is 10.3. The van der Waals surface area contributed by atoms with Crippen LogP contribution < -0.4 is 10.6 Å². The molecule has 1 fully saturated rings. The van der Waals surface area contributed by atoms with Crippen molar-refractivity contribution < 1.29 is 14.0 Å². The average Bonchev–Trinajstić information content (AvgIpc) is 2.92. The second kappa shape index (κ2) is 9.14. The Morgan fingerprint density at radius 1 is 1.04 bits per heavy atom. The minimum Gasteiger partial charge on any atom is -0.444 e. The first-order chi connectivity index (χ1) is 13.0. The molecular formula is C19H20BrN3O3S. The third-order valence-electron chi connectivity index (χ3n) is 4.32. The number of hydrogen-bond acceptors (Lipinski definition) is 4. The van der Waals surface area contributed by atoms with Crippen molar-refractivity contribution in [3.63, 3.8) is 0 Å². The quantitative estimate of drug-likeness (QED) is 0.687. The first-order valence-electron chi connectivity index (χ1n) is 8.80. The summed E-state index contributed by atoms with van der Waals surface area (Å²) in [6.45, 7) is 1.53. The summed E-state index contributed by atoms with van der Waals surface area (Å²) in [7, 11) is 0. The molecule has 1 aliphatic rings. The molecule has 1 aromatic heterocycles. The van der Waals surface area contributed by atoms with Crippen LogP contribution in [-0.4, -0.2) is 34.9 Å². The van der Waals surface area contributed by atoms with Crippen LogP contribution in [0.1, 0.15) is 46.6 Å². The normalized spacial score (nSPS) is 14.3. The first-order valence-corrected chi connectivity index (χ1v) is 10.0. The van der Waals surface area contributed by atoms with Gasteiger partial charge < -0.3 is 14.6 Å². The van der Waals surface area contributed by atoms with Crippen molar-refractivity contribution in [2.45, 2.75) is 25.7 Å². The molecule has 8 heteroatoms. The molecule has 2 heterocycles. The predicted octanol–water partition coefficient (Wildman–Crippen LogP) is 4.19. The molecule has 0 atom stereocenters. The molecule has 0 spiro atoms. The number of hydrogen-bond donors (Lipinski definition) is 2. The van der Waals surface area contributed by atoms with Gasteiger partial charge in [-0.05, 0) is 65.3 Å². The Labute approximate surface area is 171 Å². The Morgan fingerprint density at radius 2 is 1.74 bits per heavy atom. The van der Waals surface area contributed by atoms with Crippen molar-refractivity contribution in [1.82, 2.24) is 10.2 Å². The molecule has 2 N–H and O–H groups in total. The zero-order valence-electron chi connectivity index (χ0n) is 14.7. The second-order valence-electron chi connectivity index (χ2n) is 6.26. The number of rotatable bonds is 3. The highest BCUT2D eigenvalue weighted by molar-refractivity contribution is 9.10. The maximum absolute atomic E-state index is 12.9. The Kier molecular flexibility index (Phi) is 6.63. The molecule has 0 aliphatic carbocycles. The highest BCUT2D eigenvalue weighted by Crippen LogP contribution is 2.20. The van der Waals surface area contributed by atoms with E-state index in [1.54, 1.807) is 24.3 Å². The van der Waals surface area contributed by atoms with Gasteiger partial charge in [-0.3, -0.25) is 14.9 Å². The fourth-order valence-corrected chi connectivity index (χ4v) is 3.49. The van der Waals surface area contributed by atoms with Crippen LogP contribution in [0.3, 0.4) is 0 Å². The molecule has 0 saturated carbocycles. The number of furan rings is 1. The molecule has 0 unspecified atom stereocenters. The molecule has 142 valence electrons. The van der Waals surface area contributed by atoms with Gasteiger partial charge in [0.1, 0.15) is 0 Å². The minimum absolute atomic E-state index is 0.0240. The highest BCUT2D eigenvalue weighted by Gasteiger charge is 2.20. The zero-order chi connectivity index (χ0) is 19.2. The third kappa shape index (κ3) is 5.17. The summed E-state index contributed by atoms with van der Waals surface area (Å²) in [5.74, 6) is -0.349. The summed E-state index contributed by atoms with van der Waals surface area (Å²) in [6.07, 6.45) is 4.36. The first kappa shape index (κ1) is 19.6. The number of carbonyl (C=O) groups excluding carboxylic acids is 2. The van der Waals surface area contributed by atoms with Gasteiger partial charge in [0, 0.05) is 13.1 Å². The van der Waals surface area contributed by atoms with E-state index in [2.05, 4.69) is 26.6 Å². The van der Waals surface area contributed by atoms with Crippen LogP contribution in [-0.2, 0) is 0 Å². The maximum Gasteiger partial charge on any atom is 0.293 e. The van der Waals surface area contributed by atoms with Crippen LogP contribution in [0, 0.1) is 0 Å². The van der Waals surface area contributed by atoms with Crippen LogP contribution in [0.4, 0.5) is 5.69 Å². The molecule has 27 heavy (non-hydrogen) atoms. The minimum atomic E-state index is -0.463. The van der Waals surface area contributed by atoms with Gasteiger partial charge in [-0.15, -0.1) is 0 Å². The lowest BCUT2D eigenvalue weighted by Crippen LogP contribution is -2.36. The topological polar surface area (TPSA) is 74.6 Å². The van der Waals surface area contributed by atoms with Gasteiger partial charge in [-0.25, -0.2) is 0 Å². The third-order valence-corrected chi connectivity index (χ3v) is 4.95. The van der Waals surface area contributed by atoms with E-state index in [4.69, 9.17) is 16.6 Å². The predicted molar refractivity (Wildman–Crippen MR) is 111 cm³/mol. The van der Waals surface area contributed by atoms with Crippen LogP contribution in [0.15, 0.2) is 45.5 Å². The molecule has 2 amide bonds. The van der Waals surface area contributed by atoms with Crippen molar-refractivity contribution in [3.8, 4) is 0 Å².